The van der Waals surface area contributed by atoms with Crippen molar-refractivity contribution in [3.63, 3.8) is 0 Å². The molecule has 0 spiro atoms. The fourth-order valence-electron chi connectivity index (χ4n) is 3.09. The van der Waals surface area contributed by atoms with E-state index >= 15 is 0 Å². The smallest absolute Gasteiger partial charge is 0.303 e. The normalized spacial score (nSPS) is 11.6. The maximum atomic E-state index is 11.9. The van der Waals surface area contributed by atoms with Gasteiger partial charge in [0.25, 0.3) is 11.3 Å². The predicted molar refractivity (Wildman–Crippen MR) is 124 cm³/mol. The van der Waals surface area contributed by atoms with Gasteiger partial charge in [0.15, 0.2) is 0 Å². The Bertz CT molecular complexity index is 1050. The Kier molecular flexibility index (Phi) is 8.24. The molecule has 1 atom stereocenters. The molecule has 3 rings (SSSR count). The first-order valence-corrected chi connectivity index (χ1v) is 11.1. The average Bonchev–Trinajstić information content (AvgIpc) is 2.78. The van der Waals surface area contributed by atoms with Crippen LogP contribution in [0.15, 0.2) is 72.8 Å². The summed E-state index contributed by atoms with van der Waals surface area (Å²) in [6, 6.07) is 21.6. The molecule has 0 fully saturated rings. The van der Waals surface area contributed by atoms with E-state index in [4.69, 9.17) is 14.6 Å². The number of rotatable bonds is 11. The van der Waals surface area contributed by atoms with Gasteiger partial charge in [-0.05, 0) is 61.4 Å². The summed E-state index contributed by atoms with van der Waals surface area (Å²) in [7, 11) is 0. The molecule has 0 aromatic heterocycles. The van der Waals surface area contributed by atoms with Crippen molar-refractivity contribution in [2.75, 3.05) is 17.5 Å². The van der Waals surface area contributed by atoms with Gasteiger partial charge in [0, 0.05) is 6.42 Å². The molecule has 0 aliphatic carbocycles. The van der Waals surface area contributed by atoms with Crippen molar-refractivity contribution in [3.8, 4) is 11.5 Å². The number of benzene rings is 3. The van der Waals surface area contributed by atoms with Crippen LogP contribution in [0.1, 0.15) is 17.5 Å². The standard InChI is InChI=1S/C24H25NO6S/c1-18-6-9-20(10-7-18)25(32(28)29)21-11-13-22(14-12-21)30-16-17-31-23-5-3-2-4-19(23)8-15-24(26)27/h2-7,9-14H,8,15-17H2,1H3,(H,26,27)(H,28,29). The first-order valence-electron chi connectivity index (χ1n) is 10.1. The highest BCUT2D eigenvalue weighted by Gasteiger charge is 2.15. The third-order valence-electron chi connectivity index (χ3n) is 4.69. The van der Waals surface area contributed by atoms with Crippen LogP contribution in [-0.2, 0) is 22.5 Å². The van der Waals surface area contributed by atoms with Gasteiger partial charge in [0.1, 0.15) is 24.7 Å². The van der Waals surface area contributed by atoms with Crippen molar-refractivity contribution < 1.29 is 28.1 Å². The topological polar surface area (TPSA) is 96.3 Å². The molecule has 0 heterocycles. The molecule has 7 nitrogen and oxygen atoms in total. The van der Waals surface area contributed by atoms with Gasteiger partial charge in [-0.25, -0.2) is 8.51 Å². The van der Waals surface area contributed by atoms with E-state index in [2.05, 4.69) is 0 Å². The van der Waals surface area contributed by atoms with E-state index in [0.29, 0.717) is 42.5 Å². The SMILES string of the molecule is Cc1ccc(N(c2ccc(OCCOc3ccccc3CCC(=O)O)cc2)S(=O)O)cc1. The van der Waals surface area contributed by atoms with Gasteiger partial charge in [-0.2, -0.15) is 0 Å². The minimum absolute atomic E-state index is 0.0431. The second kappa shape index (κ2) is 11.3. The van der Waals surface area contributed by atoms with Crippen LogP contribution >= 0.6 is 0 Å². The largest absolute Gasteiger partial charge is 0.490 e. The van der Waals surface area contributed by atoms with Gasteiger partial charge < -0.3 is 14.6 Å². The molecule has 0 saturated heterocycles. The van der Waals surface area contributed by atoms with Crippen LogP contribution in [0.2, 0.25) is 0 Å². The lowest BCUT2D eigenvalue weighted by Gasteiger charge is -2.20. The Morgan fingerprint density at radius 1 is 0.906 bits per heavy atom. The Balaban J connectivity index is 1.56. The lowest BCUT2D eigenvalue weighted by molar-refractivity contribution is -0.136. The molecule has 1 unspecified atom stereocenters. The molecule has 3 aromatic rings. The Morgan fingerprint density at radius 3 is 2.12 bits per heavy atom. The summed E-state index contributed by atoms with van der Waals surface area (Å²) in [6.45, 7) is 2.54. The quantitative estimate of drug-likeness (QED) is 0.320. The fourth-order valence-corrected chi connectivity index (χ4v) is 3.70. The van der Waals surface area contributed by atoms with Gasteiger partial charge in [-0.1, -0.05) is 35.9 Å². The highest BCUT2D eigenvalue weighted by molar-refractivity contribution is 7.81. The van der Waals surface area contributed by atoms with Crippen LogP contribution in [0.4, 0.5) is 11.4 Å². The third-order valence-corrected chi connectivity index (χ3v) is 5.42. The zero-order valence-corrected chi connectivity index (χ0v) is 18.5. The number of hydrogen-bond donors (Lipinski definition) is 2. The molecule has 0 saturated carbocycles. The number of carbonyl (C=O) groups is 1. The van der Waals surface area contributed by atoms with E-state index in [1.807, 2.05) is 37.3 Å². The summed E-state index contributed by atoms with van der Waals surface area (Å²) in [5.74, 6) is 0.397. The maximum absolute atomic E-state index is 11.9. The molecule has 0 radical (unpaired) electrons. The Labute approximate surface area is 189 Å². The number of aryl methyl sites for hydroxylation is 2. The van der Waals surface area contributed by atoms with Gasteiger partial charge in [-0.3, -0.25) is 9.35 Å². The zero-order chi connectivity index (χ0) is 22.9. The van der Waals surface area contributed by atoms with E-state index in [9.17, 15) is 13.6 Å². The predicted octanol–water partition coefficient (Wildman–Crippen LogP) is 4.74. The number of hydrogen-bond acceptors (Lipinski definition) is 4. The zero-order valence-electron chi connectivity index (χ0n) is 17.6. The number of carboxylic acid groups (broad SMARTS) is 1. The van der Waals surface area contributed by atoms with E-state index in [-0.39, 0.29) is 6.42 Å². The lowest BCUT2D eigenvalue weighted by atomic mass is 10.1. The Hall–Kier alpha value is -3.36. The van der Waals surface area contributed by atoms with Crippen molar-refractivity contribution >= 4 is 28.6 Å². The molecule has 0 bridgehead atoms. The van der Waals surface area contributed by atoms with Crippen LogP contribution in [0.3, 0.4) is 0 Å². The molecule has 168 valence electrons. The van der Waals surface area contributed by atoms with Crippen LogP contribution in [-0.4, -0.2) is 33.1 Å². The number of carboxylic acids is 1. The number of aliphatic carboxylic acids is 1. The molecule has 3 aromatic carbocycles. The number of anilines is 2. The molecule has 0 aliphatic rings. The number of para-hydroxylation sites is 1. The third kappa shape index (κ3) is 6.57. The number of ether oxygens (including phenoxy) is 2. The molecule has 0 amide bonds. The fraction of sp³-hybridized carbons (Fsp3) is 0.208. The van der Waals surface area contributed by atoms with E-state index in [1.165, 1.54) is 4.31 Å². The number of nitrogens with zero attached hydrogens (tertiary/aromatic N) is 1. The summed E-state index contributed by atoms with van der Waals surface area (Å²) in [5, 5.41) is 8.87. The van der Waals surface area contributed by atoms with Crippen LogP contribution in [0.25, 0.3) is 0 Å². The van der Waals surface area contributed by atoms with E-state index < -0.39 is 17.2 Å². The molecule has 2 N–H and O–H groups in total. The minimum Gasteiger partial charge on any atom is -0.490 e. The van der Waals surface area contributed by atoms with Crippen LogP contribution in [0, 0.1) is 6.92 Å². The second-order valence-electron chi connectivity index (χ2n) is 7.05. The molecular formula is C24H25NO6S. The van der Waals surface area contributed by atoms with Gasteiger partial charge in [0.05, 0.1) is 11.4 Å². The summed E-state index contributed by atoms with van der Waals surface area (Å²) >= 11 is -2.22. The highest BCUT2D eigenvalue weighted by atomic mass is 32.2. The summed E-state index contributed by atoms with van der Waals surface area (Å²) in [6.07, 6.45) is 0.443. The molecule has 32 heavy (non-hydrogen) atoms. The van der Waals surface area contributed by atoms with Crippen molar-refractivity contribution in [2.45, 2.75) is 19.8 Å². The minimum atomic E-state index is -2.22. The van der Waals surface area contributed by atoms with Crippen LogP contribution in [0.5, 0.6) is 11.5 Å². The lowest BCUT2D eigenvalue weighted by Crippen LogP contribution is -2.19. The average molecular weight is 456 g/mol. The Morgan fingerprint density at radius 2 is 1.50 bits per heavy atom. The van der Waals surface area contributed by atoms with Crippen LogP contribution < -0.4 is 13.8 Å². The highest BCUT2D eigenvalue weighted by Crippen LogP contribution is 2.28. The van der Waals surface area contributed by atoms with Crippen molar-refractivity contribution in [2.24, 2.45) is 0 Å². The molecule has 8 heteroatoms. The first kappa shape index (κ1) is 23.3. The van der Waals surface area contributed by atoms with Crippen molar-refractivity contribution in [1.82, 2.24) is 0 Å². The van der Waals surface area contributed by atoms with Crippen molar-refractivity contribution in [3.05, 3.63) is 83.9 Å². The molecular weight excluding hydrogens is 430 g/mol. The summed E-state index contributed by atoms with van der Waals surface area (Å²) < 4.78 is 34.4. The first-order chi connectivity index (χ1) is 15.4. The van der Waals surface area contributed by atoms with Gasteiger partial charge in [-0.15, -0.1) is 0 Å². The van der Waals surface area contributed by atoms with Gasteiger partial charge in [0.2, 0.25) is 0 Å². The second-order valence-corrected chi connectivity index (χ2v) is 7.88. The summed E-state index contributed by atoms with van der Waals surface area (Å²) in [4.78, 5) is 10.8. The van der Waals surface area contributed by atoms with Crippen molar-refractivity contribution in [1.29, 1.82) is 0 Å². The molecule has 0 aliphatic heterocycles. The monoisotopic (exact) mass is 455 g/mol. The van der Waals surface area contributed by atoms with Gasteiger partial charge >= 0.3 is 5.97 Å². The summed E-state index contributed by atoms with van der Waals surface area (Å²) in [5.41, 5.74) is 3.08. The maximum Gasteiger partial charge on any atom is 0.303 e. The van der Waals surface area contributed by atoms with E-state index in [1.54, 1.807) is 42.5 Å². The van der Waals surface area contributed by atoms with E-state index in [0.717, 1.165) is 11.1 Å².